The maximum atomic E-state index is 11.9. The first-order chi connectivity index (χ1) is 9.66. The molecule has 0 heterocycles. The molecule has 21 heavy (non-hydrogen) atoms. The summed E-state index contributed by atoms with van der Waals surface area (Å²) in [5.41, 5.74) is 0.526. The van der Waals surface area contributed by atoms with Crippen molar-refractivity contribution >= 4 is 5.97 Å². The minimum Gasteiger partial charge on any atom is -0.872 e. The van der Waals surface area contributed by atoms with Crippen LogP contribution < -0.4 is 56.5 Å². The fraction of sp³-hybridized carbons (Fsp3) is 0.588. The topological polar surface area (TPSA) is 60.4 Å². The third kappa shape index (κ3) is 8.36. The van der Waals surface area contributed by atoms with E-state index in [1.807, 2.05) is 0 Å². The Morgan fingerprint density at radius 2 is 1.62 bits per heavy atom. The van der Waals surface area contributed by atoms with Gasteiger partial charge in [-0.05, 0) is 18.9 Å². The number of para-hydroxylation sites is 1. The number of aryl methyl sites for hydroxylation is 1. The minimum atomic E-state index is -1.13. The fourth-order valence-corrected chi connectivity index (χ4v) is 2.40. The molecule has 0 aliphatic carbocycles. The molecular weight excluding hydrogens is 291 g/mol. The Bertz CT molecular complexity index is 418. The summed E-state index contributed by atoms with van der Waals surface area (Å²) in [6, 6.07) is 4.78. The zero-order valence-corrected chi connectivity index (χ0v) is 16.5. The van der Waals surface area contributed by atoms with Crippen molar-refractivity contribution in [1.82, 2.24) is 0 Å². The molecule has 0 bridgehead atoms. The Morgan fingerprint density at radius 1 is 1.05 bits per heavy atom. The van der Waals surface area contributed by atoms with Crippen molar-refractivity contribution in [3.8, 4) is 5.75 Å². The first-order valence-electron chi connectivity index (χ1n) is 7.69. The molecule has 0 fully saturated rings. The summed E-state index contributed by atoms with van der Waals surface area (Å²) in [5.74, 6) is -1.45. The number of hydrogen-bond acceptors (Lipinski definition) is 2. The molecule has 0 aliphatic rings. The number of carboxylic acids is 1. The second kappa shape index (κ2) is 12.6. The van der Waals surface area contributed by atoms with Crippen molar-refractivity contribution in [2.45, 2.75) is 64.7 Å². The third-order valence-electron chi connectivity index (χ3n) is 3.63. The van der Waals surface area contributed by atoms with E-state index in [9.17, 15) is 9.90 Å². The van der Waals surface area contributed by atoms with E-state index >= 15 is 0 Å². The molecule has 1 N–H and O–H groups in total. The second-order valence-electron chi connectivity index (χ2n) is 5.32. The Kier molecular flexibility index (Phi) is 12.7. The summed E-state index contributed by atoms with van der Waals surface area (Å²) in [4.78, 5) is 10.9. The number of unbranched alkanes of at least 4 members (excludes halogenated alkanes) is 7. The van der Waals surface area contributed by atoms with Gasteiger partial charge in [-0.25, -0.2) is 4.79 Å². The molecule has 1 aromatic carbocycles. The van der Waals surface area contributed by atoms with E-state index in [4.69, 9.17) is 5.11 Å². The van der Waals surface area contributed by atoms with Gasteiger partial charge >= 0.3 is 57.4 Å². The van der Waals surface area contributed by atoms with E-state index < -0.39 is 5.97 Å². The van der Waals surface area contributed by atoms with Crippen LogP contribution in [-0.2, 0) is 6.42 Å². The van der Waals surface area contributed by atoms with Gasteiger partial charge in [0.2, 0.25) is 0 Å². The SMILES string of the molecule is CCCCCCCCCCc1cccc(C(=O)O)c1[O-].[K+]. The van der Waals surface area contributed by atoms with Crippen molar-refractivity contribution in [2.24, 2.45) is 0 Å². The van der Waals surface area contributed by atoms with Crippen LogP contribution in [0.2, 0.25) is 0 Å². The first kappa shape index (κ1) is 21.1. The van der Waals surface area contributed by atoms with Crippen LogP contribution >= 0.6 is 0 Å². The van der Waals surface area contributed by atoms with Gasteiger partial charge in [-0.3, -0.25) is 0 Å². The van der Waals surface area contributed by atoms with E-state index in [-0.39, 0.29) is 62.7 Å². The van der Waals surface area contributed by atoms with Crippen LogP contribution in [0.5, 0.6) is 5.75 Å². The molecule has 0 aromatic heterocycles. The molecule has 1 aromatic rings. The third-order valence-corrected chi connectivity index (χ3v) is 3.63. The summed E-state index contributed by atoms with van der Waals surface area (Å²) in [6.45, 7) is 2.21. The second-order valence-corrected chi connectivity index (χ2v) is 5.32. The van der Waals surface area contributed by atoms with Gasteiger partial charge in [0.05, 0.1) is 5.56 Å². The summed E-state index contributed by atoms with van der Waals surface area (Å²) < 4.78 is 0. The van der Waals surface area contributed by atoms with E-state index in [2.05, 4.69) is 6.92 Å². The molecule has 112 valence electrons. The predicted molar refractivity (Wildman–Crippen MR) is 79.2 cm³/mol. The van der Waals surface area contributed by atoms with Crippen LogP contribution in [0.4, 0.5) is 0 Å². The van der Waals surface area contributed by atoms with Gasteiger partial charge in [-0.15, -0.1) is 0 Å². The Labute approximate surface area is 170 Å². The minimum absolute atomic E-state index is 0. The standard InChI is InChI=1S/C17H26O3.K/c1-2-3-4-5-6-7-8-9-11-14-12-10-13-15(16(14)18)17(19)20;/h10,12-13,18H,2-9,11H2,1H3,(H,19,20);/q;+1/p-1. The molecule has 0 amide bonds. The Hall–Kier alpha value is 0.126. The fourth-order valence-electron chi connectivity index (χ4n) is 2.40. The molecule has 0 saturated carbocycles. The van der Waals surface area contributed by atoms with Crippen LogP contribution in [-0.4, -0.2) is 11.1 Å². The van der Waals surface area contributed by atoms with E-state index in [0.717, 1.165) is 12.8 Å². The molecule has 0 spiro atoms. The number of aromatic carboxylic acids is 1. The van der Waals surface area contributed by atoms with Crippen LogP contribution in [0.1, 0.15) is 74.2 Å². The zero-order valence-electron chi connectivity index (χ0n) is 13.4. The molecule has 3 nitrogen and oxygen atoms in total. The maximum absolute atomic E-state index is 11.9. The summed E-state index contributed by atoms with van der Waals surface area (Å²) in [5, 5.41) is 20.8. The van der Waals surface area contributed by atoms with Crippen molar-refractivity contribution in [3.63, 3.8) is 0 Å². The molecular formula is C17H25KO3. The van der Waals surface area contributed by atoms with Gasteiger partial charge in [-0.1, -0.05) is 75.3 Å². The maximum Gasteiger partial charge on any atom is 1.00 e. The number of benzene rings is 1. The molecule has 0 radical (unpaired) electrons. The average Bonchev–Trinajstić information content (AvgIpc) is 2.43. The van der Waals surface area contributed by atoms with E-state index in [1.165, 1.54) is 44.6 Å². The summed E-state index contributed by atoms with van der Waals surface area (Å²) in [7, 11) is 0. The molecule has 4 heteroatoms. The van der Waals surface area contributed by atoms with Gasteiger partial charge in [0.25, 0.3) is 0 Å². The molecule has 0 unspecified atom stereocenters. The van der Waals surface area contributed by atoms with E-state index in [0.29, 0.717) is 12.0 Å². The molecule has 0 saturated heterocycles. The van der Waals surface area contributed by atoms with Crippen molar-refractivity contribution < 1.29 is 66.4 Å². The molecule has 0 aliphatic heterocycles. The van der Waals surface area contributed by atoms with Crippen molar-refractivity contribution in [1.29, 1.82) is 0 Å². The number of rotatable bonds is 10. The number of hydrogen-bond donors (Lipinski definition) is 1. The predicted octanol–water partition coefficient (Wildman–Crippen LogP) is 1.15. The summed E-state index contributed by atoms with van der Waals surface area (Å²) in [6.07, 6.45) is 10.4. The van der Waals surface area contributed by atoms with Gasteiger partial charge in [0, 0.05) is 0 Å². The number of carboxylic acid groups (broad SMARTS) is 1. The monoisotopic (exact) mass is 316 g/mol. The van der Waals surface area contributed by atoms with Gasteiger partial charge in [0.1, 0.15) is 0 Å². The van der Waals surface area contributed by atoms with Crippen LogP contribution in [0.3, 0.4) is 0 Å². The molecule has 1 rings (SSSR count). The average molecular weight is 316 g/mol. The quantitative estimate of drug-likeness (QED) is 0.520. The molecule has 0 atom stereocenters. The van der Waals surface area contributed by atoms with Crippen LogP contribution in [0.25, 0.3) is 0 Å². The van der Waals surface area contributed by atoms with Gasteiger partial charge < -0.3 is 10.2 Å². The smallest absolute Gasteiger partial charge is 0.872 e. The normalized spacial score (nSPS) is 10.1. The zero-order chi connectivity index (χ0) is 14.8. The van der Waals surface area contributed by atoms with Crippen LogP contribution in [0.15, 0.2) is 18.2 Å². The first-order valence-corrected chi connectivity index (χ1v) is 7.69. The summed E-state index contributed by atoms with van der Waals surface area (Å²) >= 11 is 0. The largest absolute Gasteiger partial charge is 1.00 e. The number of carbonyl (C=O) groups is 1. The Morgan fingerprint density at radius 3 is 2.19 bits per heavy atom. The van der Waals surface area contributed by atoms with Crippen molar-refractivity contribution in [2.75, 3.05) is 0 Å². The van der Waals surface area contributed by atoms with Crippen LogP contribution in [0, 0.1) is 0 Å². The van der Waals surface area contributed by atoms with E-state index in [1.54, 1.807) is 12.1 Å². The van der Waals surface area contributed by atoms with Gasteiger partial charge in [0.15, 0.2) is 0 Å². The van der Waals surface area contributed by atoms with Gasteiger partial charge in [-0.2, -0.15) is 0 Å². The van der Waals surface area contributed by atoms with Crippen molar-refractivity contribution in [3.05, 3.63) is 29.3 Å². The Balaban J connectivity index is 0.00000400.